The number of hydrogen-bond donors (Lipinski definition) is 1. The van der Waals surface area contributed by atoms with Gasteiger partial charge in [0, 0.05) is 0 Å². The summed E-state index contributed by atoms with van der Waals surface area (Å²) in [7, 11) is -2.93. The molecule has 0 aliphatic rings. The number of aromatic carboxylic acids is 1. The summed E-state index contributed by atoms with van der Waals surface area (Å²) in [5.74, 6) is -2.19. The Balaban J connectivity index is 0.00000225. The zero-order valence-corrected chi connectivity index (χ0v) is 11.0. The van der Waals surface area contributed by atoms with E-state index in [1.54, 1.807) is 0 Å². The molecule has 0 aliphatic carbocycles. The first-order chi connectivity index (χ1) is 7.00. The van der Waals surface area contributed by atoms with E-state index < -0.39 is 22.9 Å². The molecule has 0 atom stereocenters. The topological polar surface area (TPSA) is 97.7 Å². The van der Waals surface area contributed by atoms with E-state index in [9.17, 15) is 18.0 Å². The SMILES string of the molecule is O=C(O)c1ccc(C(=O)O[S-](=O)=O)cc1.[Na+]. The minimum Gasteiger partial charge on any atom is -0.502 e. The van der Waals surface area contributed by atoms with Gasteiger partial charge in [-0.05, 0) is 24.3 Å². The minimum atomic E-state index is -2.93. The Morgan fingerprint density at radius 3 is 1.88 bits per heavy atom. The molecule has 0 aliphatic heterocycles. The van der Waals surface area contributed by atoms with Crippen molar-refractivity contribution in [2.45, 2.75) is 0 Å². The van der Waals surface area contributed by atoms with E-state index in [4.69, 9.17) is 5.11 Å². The van der Waals surface area contributed by atoms with E-state index in [-0.39, 0.29) is 40.7 Å². The van der Waals surface area contributed by atoms with E-state index in [0.29, 0.717) is 0 Å². The predicted molar refractivity (Wildman–Crippen MR) is 47.6 cm³/mol. The van der Waals surface area contributed by atoms with Crippen molar-refractivity contribution in [1.29, 1.82) is 0 Å². The number of carboxylic acids is 1. The van der Waals surface area contributed by atoms with Crippen molar-refractivity contribution >= 4 is 22.9 Å². The maximum Gasteiger partial charge on any atom is 1.00 e. The van der Waals surface area contributed by atoms with Crippen molar-refractivity contribution in [2.75, 3.05) is 0 Å². The Morgan fingerprint density at radius 1 is 1.06 bits per heavy atom. The van der Waals surface area contributed by atoms with Crippen LogP contribution in [0.5, 0.6) is 0 Å². The quantitative estimate of drug-likeness (QED) is 0.483. The maximum atomic E-state index is 11.0. The summed E-state index contributed by atoms with van der Waals surface area (Å²) in [5, 5.41) is 8.54. The van der Waals surface area contributed by atoms with Gasteiger partial charge in [0.2, 0.25) is 0 Å². The standard InChI is InChI=1S/C8H5O6S.Na/c9-7(10)5-1-3-6(4-2-5)8(11)14-15(12)13;/h1-4H,(H,9,10);/q-1;+1. The molecule has 1 aromatic carbocycles. The molecule has 0 heterocycles. The molecule has 1 rings (SSSR count). The van der Waals surface area contributed by atoms with Crippen molar-refractivity contribution < 1.29 is 56.9 Å². The summed E-state index contributed by atoms with van der Waals surface area (Å²) < 4.78 is 23.9. The van der Waals surface area contributed by atoms with Crippen LogP contribution in [-0.2, 0) is 23.6 Å². The third-order valence-corrected chi connectivity index (χ3v) is 1.80. The Bertz CT molecular complexity index is 456. The van der Waals surface area contributed by atoms with Gasteiger partial charge >= 0.3 is 41.5 Å². The van der Waals surface area contributed by atoms with E-state index in [1.807, 2.05) is 0 Å². The molecule has 80 valence electrons. The second-order valence-corrected chi connectivity index (χ2v) is 3.03. The molecule has 0 amide bonds. The molecule has 1 aromatic rings. The van der Waals surface area contributed by atoms with Crippen molar-refractivity contribution in [3.8, 4) is 0 Å². The van der Waals surface area contributed by atoms with Gasteiger partial charge in [-0.25, -0.2) is 9.59 Å². The normalized spacial score (nSPS) is 9.31. The number of rotatable bonds is 3. The van der Waals surface area contributed by atoms with Gasteiger partial charge in [-0.3, -0.25) is 0 Å². The van der Waals surface area contributed by atoms with Crippen LogP contribution in [0.2, 0.25) is 0 Å². The van der Waals surface area contributed by atoms with Crippen LogP contribution in [0.15, 0.2) is 24.3 Å². The summed E-state index contributed by atoms with van der Waals surface area (Å²) in [4.78, 5) is 21.4. The van der Waals surface area contributed by atoms with Gasteiger partial charge in [-0.15, -0.1) is 0 Å². The summed E-state index contributed by atoms with van der Waals surface area (Å²) in [6.07, 6.45) is 0. The fraction of sp³-hybridized carbons (Fsp3) is 0. The summed E-state index contributed by atoms with van der Waals surface area (Å²) in [6, 6.07) is 4.68. The number of carboxylic acid groups (broad SMARTS) is 1. The second kappa shape index (κ2) is 6.64. The van der Waals surface area contributed by atoms with Gasteiger partial charge in [0.05, 0.1) is 11.1 Å². The van der Waals surface area contributed by atoms with Crippen molar-refractivity contribution in [2.24, 2.45) is 0 Å². The summed E-state index contributed by atoms with van der Waals surface area (Å²) in [6.45, 7) is 0. The van der Waals surface area contributed by atoms with Crippen LogP contribution in [0.4, 0.5) is 0 Å². The maximum absolute atomic E-state index is 11.0. The van der Waals surface area contributed by atoms with Gasteiger partial charge in [0.1, 0.15) is 11.0 Å². The first-order valence-electron chi connectivity index (χ1n) is 3.66. The fourth-order valence-corrected chi connectivity index (χ4v) is 1.08. The molecule has 0 spiro atoms. The molecule has 0 unspecified atom stereocenters. The first kappa shape index (κ1) is 15.1. The molecule has 0 radical (unpaired) electrons. The van der Waals surface area contributed by atoms with Gasteiger partial charge in [-0.2, -0.15) is 0 Å². The van der Waals surface area contributed by atoms with Crippen LogP contribution >= 0.6 is 0 Å². The Morgan fingerprint density at radius 2 is 1.50 bits per heavy atom. The molecule has 6 nitrogen and oxygen atoms in total. The van der Waals surface area contributed by atoms with Crippen LogP contribution in [0.25, 0.3) is 0 Å². The minimum absolute atomic E-state index is 0. The van der Waals surface area contributed by atoms with E-state index >= 15 is 0 Å². The van der Waals surface area contributed by atoms with Crippen molar-refractivity contribution in [3.63, 3.8) is 0 Å². The number of hydrogen-bond acceptors (Lipinski definition) is 6. The third kappa shape index (κ3) is 4.31. The largest absolute Gasteiger partial charge is 1.00 e. The van der Waals surface area contributed by atoms with Crippen molar-refractivity contribution in [1.82, 2.24) is 0 Å². The summed E-state index contributed by atoms with van der Waals surface area (Å²) in [5.41, 5.74) is -0.0426. The molecule has 0 aromatic heterocycles. The smallest absolute Gasteiger partial charge is 0.502 e. The van der Waals surface area contributed by atoms with Crippen LogP contribution in [0.3, 0.4) is 0 Å². The number of carbonyl (C=O) groups is 2. The third-order valence-electron chi connectivity index (χ3n) is 1.51. The van der Waals surface area contributed by atoms with E-state index in [2.05, 4.69) is 4.18 Å². The molecule has 16 heavy (non-hydrogen) atoms. The molecule has 8 heteroatoms. The van der Waals surface area contributed by atoms with E-state index in [0.717, 1.165) is 0 Å². The zero-order chi connectivity index (χ0) is 11.4. The van der Waals surface area contributed by atoms with Gasteiger partial charge in [0.25, 0.3) is 0 Å². The summed E-state index contributed by atoms with van der Waals surface area (Å²) >= 11 is 0. The van der Waals surface area contributed by atoms with Crippen LogP contribution < -0.4 is 29.6 Å². The number of benzene rings is 1. The molecular formula is C8H5NaO6S. The predicted octanol–water partition coefficient (Wildman–Crippen LogP) is -2.23. The van der Waals surface area contributed by atoms with E-state index in [1.165, 1.54) is 24.3 Å². The molecule has 0 bridgehead atoms. The molecule has 0 saturated carbocycles. The monoisotopic (exact) mass is 252 g/mol. The fourth-order valence-electron chi connectivity index (χ4n) is 0.859. The van der Waals surface area contributed by atoms with Gasteiger partial charge in [-0.1, -0.05) is 0 Å². The average Bonchev–Trinajstić information content (AvgIpc) is 2.17. The van der Waals surface area contributed by atoms with Crippen molar-refractivity contribution in [3.05, 3.63) is 35.4 Å². The second-order valence-electron chi connectivity index (χ2n) is 2.46. The average molecular weight is 252 g/mol. The zero-order valence-electron chi connectivity index (χ0n) is 8.21. The first-order valence-corrected chi connectivity index (χ1v) is 4.66. The molecule has 0 saturated heterocycles. The molecule has 0 fully saturated rings. The Hall–Kier alpha value is -0.890. The molecular weight excluding hydrogens is 247 g/mol. The van der Waals surface area contributed by atoms with Gasteiger partial charge in [0.15, 0.2) is 0 Å². The van der Waals surface area contributed by atoms with Crippen LogP contribution in [-0.4, -0.2) is 17.0 Å². The van der Waals surface area contributed by atoms with Gasteiger partial charge < -0.3 is 17.7 Å². The van der Waals surface area contributed by atoms with Crippen LogP contribution in [0.1, 0.15) is 20.7 Å². The Kier molecular flexibility index (Phi) is 6.27. The number of carbonyl (C=O) groups excluding carboxylic acids is 1. The molecule has 1 N–H and O–H groups in total. The Labute approximate surface area is 115 Å². The van der Waals surface area contributed by atoms with Crippen LogP contribution in [0, 0.1) is 0 Å².